The van der Waals surface area contributed by atoms with Crippen molar-refractivity contribution in [2.75, 3.05) is 6.54 Å². The molecule has 110 valence electrons. The summed E-state index contributed by atoms with van der Waals surface area (Å²) in [6, 6.07) is 4.96. The molecule has 0 aromatic heterocycles. The lowest BCUT2D eigenvalue weighted by atomic mass is 10.1. The summed E-state index contributed by atoms with van der Waals surface area (Å²) in [5.41, 5.74) is 7.26. The van der Waals surface area contributed by atoms with Crippen molar-refractivity contribution in [1.82, 2.24) is 10.0 Å². The number of benzene rings is 1. The predicted molar refractivity (Wildman–Crippen MR) is 75.4 cm³/mol. The van der Waals surface area contributed by atoms with E-state index in [1.165, 1.54) is 6.07 Å². The first kappa shape index (κ1) is 15.0. The molecule has 0 bridgehead atoms. The van der Waals surface area contributed by atoms with E-state index in [2.05, 4.69) is 10.0 Å². The molecule has 1 saturated carbocycles. The van der Waals surface area contributed by atoms with Gasteiger partial charge in [-0.15, -0.1) is 0 Å². The first-order chi connectivity index (χ1) is 9.42. The first-order valence-corrected chi connectivity index (χ1v) is 7.99. The molecule has 1 aromatic carbocycles. The third kappa shape index (κ3) is 3.78. The number of rotatable bonds is 6. The minimum Gasteiger partial charge on any atom is -0.352 e. The average Bonchev–Trinajstić information content (AvgIpc) is 3.20. The van der Waals surface area contributed by atoms with Crippen molar-refractivity contribution in [2.24, 2.45) is 5.73 Å². The van der Waals surface area contributed by atoms with Gasteiger partial charge in [0.05, 0.1) is 11.4 Å². The van der Waals surface area contributed by atoms with Crippen LogP contribution in [0, 0.1) is 6.92 Å². The van der Waals surface area contributed by atoms with Gasteiger partial charge >= 0.3 is 0 Å². The molecule has 2 rings (SSSR count). The molecule has 1 aromatic rings. The highest BCUT2D eigenvalue weighted by molar-refractivity contribution is 7.89. The van der Waals surface area contributed by atoms with Gasteiger partial charge in [-0.2, -0.15) is 0 Å². The highest BCUT2D eigenvalue weighted by Crippen LogP contribution is 2.18. The minimum atomic E-state index is -3.67. The Labute approximate surface area is 118 Å². The summed E-state index contributed by atoms with van der Waals surface area (Å²) in [6.07, 6.45) is 1.94. The van der Waals surface area contributed by atoms with E-state index >= 15 is 0 Å². The molecule has 0 heterocycles. The zero-order valence-corrected chi connectivity index (χ0v) is 12.2. The molecule has 6 nitrogen and oxygen atoms in total. The molecule has 7 heteroatoms. The van der Waals surface area contributed by atoms with Crippen molar-refractivity contribution in [3.63, 3.8) is 0 Å². The van der Waals surface area contributed by atoms with Crippen molar-refractivity contribution >= 4 is 15.9 Å². The molecule has 1 fully saturated rings. The van der Waals surface area contributed by atoms with Crippen LogP contribution in [0.4, 0.5) is 0 Å². The number of aryl methyl sites for hydroxylation is 1. The Hall–Kier alpha value is -1.44. The summed E-state index contributed by atoms with van der Waals surface area (Å²) in [5.74, 6) is -0.300. The lowest BCUT2D eigenvalue weighted by molar-refractivity contribution is -0.120. The monoisotopic (exact) mass is 297 g/mol. The summed E-state index contributed by atoms with van der Waals surface area (Å²) in [7, 11) is -3.67. The van der Waals surface area contributed by atoms with Crippen molar-refractivity contribution in [3.8, 4) is 0 Å². The van der Waals surface area contributed by atoms with E-state index in [9.17, 15) is 13.2 Å². The van der Waals surface area contributed by atoms with Gasteiger partial charge < -0.3 is 11.1 Å². The van der Waals surface area contributed by atoms with E-state index in [1.807, 2.05) is 0 Å². The van der Waals surface area contributed by atoms with Crippen LogP contribution in [0.1, 0.15) is 24.0 Å². The molecule has 0 saturated heterocycles. The zero-order valence-electron chi connectivity index (χ0n) is 11.3. The summed E-state index contributed by atoms with van der Waals surface area (Å²) in [6.45, 7) is 1.93. The van der Waals surface area contributed by atoms with Gasteiger partial charge in [-0.25, -0.2) is 13.1 Å². The number of nitrogens with one attached hydrogen (secondary N) is 2. The molecule has 0 radical (unpaired) electrons. The SMILES string of the molecule is Cc1cc(S(=O)(=O)NCC(=O)NC2CC2)ccc1CN. The maximum absolute atomic E-state index is 12.1. The van der Waals surface area contributed by atoms with Crippen LogP contribution in [0.25, 0.3) is 0 Å². The largest absolute Gasteiger partial charge is 0.352 e. The molecule has 0 aliphatic heterocycles. The summed E-state index contributed by atoms with van der Waals surface area (Å²) in [4.78, 5) is 11.6. The maximum atomic E-state index is 12.1. The van der Waals surface area contributed by atoms with Crippen LogP contribution in [-0.4, -0.2) is 26.9 Å². The summed E-state index contributed by atoms with van der Waals surface area (Å²) < 4.78 is 26.4. The van der Waals surface area contributed by atoms with Gasteiger partial charge in [0.1, 0.15) is 0 Å². The number of nitrogens with two attached hydrogens (primary N) is 1. The Balaban J connectivity index is 2.01. The van der Waals surface area contributed by atoms with Crippen LogP contribution >= 0.6 is 0 Å². The van der Waals surface area contributed by atoms with E-state index in [4.69, 9.17) is 5.73 Å². The van der Waals surface area contributed by atoms with Gasteiger partial charge in [-0.3, -0.25) is 4.79 Å². The molecule has 1 amide bonds. The van der Waals surface area contributed by atoms with E-state index in [-0.39, 0.29) is 23.4 Å². The van der Waals surface area contributed by atoms with Crippen molar-refractivity contribution in [2.45, 2.75) is 37.2 Å². The Bertz CT molecular complexity index is 609. The molecular formula is C13H19N3O3S. The Morgan fingerprint density at radius 1 is 1.40 bits per heavy atom. The van der Waals surface area contributed by atoms with Crippen LogP contribution in [0.15, 0.2) is 23.1 Å². The normalized spacial score (nSPS) is 15.1. The van der Waals surface area contributed by atoms with Crippen LogP contribution in [0.3, 0.4) is 0 Å². The number of hydrogen-bond acceptors (Lipinski definition) is 4. The molecule has 20 heavy (non-hydrogen) atoms. The molecule has 1 aliphatic rings. The van der Waals surface area contributed by atoms with Gasteiger partial charge in [0.15, 0.2) is 0 Å². The number of amides is 1. The number of sulfonamides is 1. The van der Waals surface area contributed by atoms with E-state index in [1.54, 1.807) is 19.1 Å². The van der Waals surface area contributed by atoms with Gasteiger partial charge in [0.25, 0.3) is 0 Å². The van der Waals surface area contributed by atoms with E-state index in [0.717, 1.165) is 24.0 Å². The third-order valence-corrected chi connectivity index (χ3v) is 4.61. The number of carbonyl (C=O) groups is 1. The highest BCUT2D eigenvalue weighted by atomic mass is 32.2. The van der Waals surface area contributed by atoms with Crippen molar-refractivity contribution < 1.29 is 13.2 Å². The quantitative estimate of drug-likeness (QED) is 0.688. The van der Waals surface area contributed by atoms with Crippen molar-refractivity contribution in [1.29, 1.82) is 0 Å². The van der Waals surface area contributed by atoms with Crippen LogP contribution < -0.4 is 15.8 Å². The zero-order chi connectivity index (χ0) is 14.8. The number of carbonyl (C=O) groups excluding carboxylic acids is 1. The second-order valence-corrected chi connectivity index (χ2v) is 6.73. The van der Waals surface area contributed by atoms with Crippen LogP contribution in [0.5, 0.6) is 0 Å². The lowest BCUT2D eigenvalue weighted by Crippen LogP contribution is -2.37. The Morgan fingerprint density at radius 3 is 2.65 bits per heavy atom. The van der Waals surface area contributed by atoms with E-state index < -0.39 is 10.0 Å². The van der Waals surface area contributed by atoms with E-state index in [0.29, 0.717) is 6.54 Å². The fraction of sp³-hybridized carbons (Fsp3) is 0.462. The molecular weight excluding hydrogens is 278 g/mol. The third-order valence-electron chi connectivity index (χ3n) is 3.21. The average molecular weight is 297 g/mol. The van der Waals surface area contributed by atoms with Gasteiger partial charge in [0.2, 0.25) is 15.9 Å². The van der Waals surface area contributed by atoms with Gasteiger partial charge in [0, 0.05) is 12.6 Å². The van der Waals surface area contributed by atoms with Crippen LogP contribution in [-0.2, 0) is 21.4 Å². The summed E-state index contributed by atoms with van der Waals surface area (Å²) >= 11 is 0. The van der Waals surface area contributed by atoms with Crippen LogP contribution in [0.2, 0.25) is 0 Å². The molecule has 0 atom stereocenters. The lowest BCUT2D eigenvalue weighted by Gasteiger charge is -2.09. The maximum Gasteiger partial charge on any atom is 0.241 e. The van der Waals surface area contributed by atoms with Crippen molar-refractivity contribution in [3.05, 3.63) is 29.3 Å². The van der Waals surface area contributed by atoms with Gasteiger partial charge in [-0.05, 0) is 43.0 Å². The summed E-state index contributed by atoms with van der Waals surface area (Å²) in [5, 5.41) is 2.73. The second kappa shape index (κ2) is 5.90. The minimum absolute atomic E-state index is 0.145. The number of hydrogen-bond donors (Lipinski definition) is 3. The Kier molecular flexibility index (Phi) is 4.42. The smallest absolute Gasteiger partial charge is 0.241 e. The fourth-order valence-corrected chi connectivity index (χ4v) is 2.88. The predicted octanol–water partition coefficient (Wildman–Crippen LogP) is 0.0106. The second-order valence-electron chi connectivity index (χ2n) is 4.96. The Morgan fingerprint density at radius 2 is 2.10 bits per heavy atom. The fourth-order valence-electron chi connectivity index (χ4n) is 1.81. The molecule has 0 spiro atoms. The van der Waals surface area contributed by atoms with Gasteiger partial charge in [-0.1, -0.05) is 6.07 Å². The first-order valence-electron chi connectivity index (χ1n) is 6.51. The standard InChI is InChI=1S/C13H19N3O3S/c1-9-6-12(5-2-10(9)7-14)20(18,19)15-8-13(17)16-11-3-4-11/h2,5-6,11,15H,3-4,7-8,14H2,1H3,(H,16,17). The molecule has 1 aliphatic carbocycles. The highest BCUT2D eigenvalue weighted by Gasteiger charge is 2.24. The molecule has 4 N–H and O–H groups in total. The topological polar surface area (TPSA) is 101 Å². The molecule has 0 unspecified atom stereocenters.